The van der Waals surface area contributed by atoms with Crippen LogP contribution >= 0.6 is 0 Å². The molecule has 4 aliphatic rings. The van der Waals surface area contributed by atoms with Crippen LogP contribution in [0.4, 0.5) is 4.79 Å². The van der Waals surface area contributed by atoms with Gasteiger partial charge in [-0.2, -0.15) is 0 Å². The maximum atomic E-state index is 12.5. The number of ether oxygens (including phenoxy) is 1. The van der Waals surface area contributed by atoms with Crippen LogP contribution in [-0.4, -0.2) is 25.3 Å². The van der Waals surface area contributed by atoms with E-state index in [1.165, 1.54) is 83.5 Å². The highest BCUT2D eigenvalue weighted by molar-refractivity contribution is 5.67. The number of nitrogens with one attached hydrogen (secondary N) is 1. The third-order valence-electron chi connectivity index (χ3n) is 12.4. The van der Waals surface area contributed by atoms with E-state index in [0.717, 1.165) is 74.3 Å². The lowest BCUT2D eigenvalue weighted by molar-refractivity contribution is -0.0581. The molecule has 0 aromatic heterocycles. The maximum Gasteiger partial charge on any atom is 0.407 e. The van der Waals surface area contributed by atoms with Gasteiger partial charge in [-0.3, -0.25) is 0 Å². The molecule has 40 heavy (non-hydrogen) atoms. The number of allylic oxidation sites excluding steroid dienone is 1. The quantitative estimate of drug-likeness (QED) is 0.165. The molecule has 0 heterocycles. The molecule has 1 amide bonds. The van der Waals surface area contributed by atoms with Crippen molar-refractivity contribution in [1.29, 1.82) is 0 Å². The zero-order valence-electron chi connectivity index (χ0n) is 26.9. The van der Waals surface area contributed by atoms with Crippen LogP contribution in [-0.2, 0) is 4.74 Å². The van der Waals surface area contributed by atoms with Crippen LogP contribution in [0.2, 0.25) is 0 Å². The largest absolute Gasteiger partial charge is 0.446 e. The Bertz CT molecular complexity index is 839. The van der Waals surface area contributed by atoms with Gasteiger partial charge in [0, 0.05) is 13.0 Å². The van der Waals surface area contributed by atoms with Gasteiger partial charge in [0.1, 0.15) is 6.10 Å². The number of carbonyl (C=O) groups is 1. The third kappa shape index (κ3) is 7.30. The van der Waals surface area contributed by atoms with Crippen molar-refractivity contribution in [3.05, 3.63) is 11.6 Å². The first kappa shape index (κ1) is 31.9. The summed E-state index contributed by atoms with van der Waals surface area (Å²) >= 11 is 0. The third-order valence-corrected chi connectivity index (χ3v) is 12.4. The van der Waals surface area contributed by atoms with Crippen molar-refractivity contribution in [2.75, 3.05) is 13.1 Å². The molecule has 0 radical (unpaired) electrons. The molecule has 3 N–H and O–H groups in total. The summed E-state index contributed by atoms with van der Waals surface area (Å²) in [6, 6.07) is 0. The lowest BCUT2D eigenvalue weighted by Crippen LogP contribution is -2.51. The lowest BCUT2D eigenvalue weighted by atomic mass is 9.47. The molecular weight excluding hydrogens is 492 g/mol. The maximum absolute atomic E-state index is 12.5. The molecule has 0 aromatic carbocycles. The lowest BCUT2D eigenvalue weighted by Gasteiger charge is -2.58. The van der Waals surface area contributed by atoms with Gasteiger partial charge in [0.15, 0.2) is 0 Å². The SMILES string of the molecule is CC(C)CCC[C@@H](C)C1CCC2C3CC=C4CC(OC(=O)NCCCCCCCCN)CCC4(C)C3CCC21C. The molecular formula is C36H64N2O2. The summed E-state index contributed by atoms with van der Waals surface area (Å²) in [5, 5.41) is 3.02. The van der Waals surface area contributed by atoms with Crippen LogP contribution < -0.4 is 11.1 Å². The minimum atomic E-state index is -0.209. The molecule has 0 saturated heterocycles. The van der Waals surface area contributed by atoms with Crippen LogP contribution in [0.3, 0.4) is 0 Å². The van der Waals surface area contributed by atoms with E-state index in [4.69, 9.17) is 10.5 Å². The van der Waals surface area contributed by atoms with Gasteiger partial charge in [-0.05, 0) is 111 Å². The van der Waals surface area contributed by atoms with E-state index < -0.39 is 0 Å². The van der Waals surface area contributed by atoms with Crippen molar-refractivity contribution >= 4 is 6.09 Å². The molecule has 4 nitrogen and oxygen atoms in total. The van der Waals surface area contributed by atoms with Gasteiger partial charge in [-0.1, -0.05) is 91.2 Å². The van der Waals surface area contributed by atoms with Crippen LogP contribution in [0.25, 0.3) is 0 Å². The Labute approximate surface area is 247 Å². The first-order chi connectivity index (χ1) is 19.2. The Morgan fingerprint density at radius 3 is 2.45 bits per heavy atom. The smallest absolute Gasteiger partial charge is 0.407 e. The second kappa shape index (κ2) is 14.4. The minimum absolute atomic E-state index is 0.0449. The Balaban J connectivity index is 1.26. The van der Waals surface area contributed by atoms with Gasteiger partial charge in [-0.25, -0.2) is 4.79 Å². The second-order valence-electron chi connectivity index (χ2n) is 15.4. The van der Waals surface area contributed by atoms with E-state index in [2.05, 4.69) is 46.0 Å². The van der Waals surface area contributed by atoms with Crippen molar-refractivity contribution in [2.45, 2.75) is 150 Å². The first-order valence-corrected chi connectivity index (χ1v) is 17.5. The summed E-state index contributed by atoms with van der Waals surface area (Å²) in [5.41, 5.74) is 8.03. The summed E-state index contributed by atoms with van der Waals surface area (Å²) < 4.78 is 5.95. The molecule has 8 atom stereocenters. The topological polar surface area (TPSA) is 64.3 Å². The van der Waals surface area contributed by atoms with Crippen molar-refractivity contribution in [3.8, 4) is 0 Å². The highest BCUT2D eigenvalue weighted by atomic mass is 16.6. The van der Waals surface area contributed by atoms with Crippen LogP contribution in [0, 0.1) is 46.3 Å². The average Bonchev–Trinajstić information content (AvgIpc) is 3.27. The molecule has 4 rings (SSSR count). The predicted molar refractivity (Wildman–Crippen MR) is 168 cm³/mol. The van der Waals surface area contributed by atoms with Gasteiger partial charge in [-0.15, -0.1) is 0 Å². The van der Waals surface area contributed by atoms with E-state index in [1.54, 1.807) is 5.57 Å². The van der Waals surface area contributed by atoms with Crippen LogP contribution in [0.15, 0.2) is 11.6 Å². The van der Waals surface area contributed by atoms with Gasteiger partial charge in [0.05, 0.1) is 0 Å². The Kier molecular flexibility index (Phi) is 11.5. The number of fused-ring (bicyclic) bond motifs is 5. The highest BCUT2D eigenvalue weighted by Crippen LogP contribution is 2.67. The molecule has 4 heteroatoms. The number of hydrogen-bond donors (Lipinski definition) is 2. The van der Waals surface area contributed by atoms with E-state index >= 15 is 0 Å². The normalized spacial score (nSPS) is 35.9. The summed E-state index contributed by atoms with van der Waals surface area (Å²) in [6.07, 6.45) is 23.8. The molecule has 3 saturated carbocycles. The number of alkyl carbamates (subject to hydrolysis) is 1. The Morgan fingerprint density at radius 2 is 1.70 bits per heavy atom. The Hall–Kier alpha value is -1.03. The fourth-order valence-electron chi connectivity index (χ4n) is 10.1. The fraction of sp³-hybridized carbons (Fsp3) is 0.917. The summed E-state index contributed by atoms with van der Waals surface area (Å²) in [7, 11) is 0. The van der Waals surface area contributed by atoms with Crippen molar-refractivity contribution in [2.24, 2.45) is 52.1 Å². The van der Waals surface area contributed by atoms with Crippen LogP contribution in [0.1, 0.15) is 144 Å². The summed E-state index contributed by atoms with van der Waals surface area (Å²) in [4.78, 5) is 12.5. The van der Waals surface area contributed by atoms with Crippen LogP contribution in [0.5, 0.6) is 0 Å². The van der Waals surface area contributed by atoms with Crippen molar-refractivity contribution < 1.29 is 9.53 Å². The van der Waals surface area contributed by atoms with Gasteiger partial charge in [0.2, 0.25) is 0 Å². The van der Waals surface area contributed by atoms with E-state index in [1.807, 2.05) is 0 Å². The van der Waals surface area contributed by atoms with Crippen molar-refractivity contribution in [1.82, 2.24) is 5.32 Å². The number of hydrogen-bond acceptors (Lipinski definition) is 3. The summed E-state index contributed by atoms with van der Waals surface area (Å²) in [5.74, 6) is 5.20. The number of nitrogens with two attached hydrogens (primary N) is 1. The molecule has 0 bridgehead atoms. The zero-order valence-corrected chi connectivity index (χ0v) is 26.9. The molecule has 7 unspecified atom stereocenters. The molecule has 3 fully saturated rings. The fourth-order valence-corrected chi connectivity index (χ4v) is 10.1. The number of rotatable bonds is 14. The standard InChI is InChI=1S/C36H64N2O2/c1-26(2)13-12-14-27(3)31-17-18-32-30-16-15-28-25-29(19-21-35(28,4)33(30)20-22-36(31,32)5)40-34(39)38-24-11-9-7-6-8-10-23-37/h15,26-27,29-33H,6-14,16-25,37H2,1-5H3,(H,38,39)/t27-,29?,30?,31?,32?,33?,35?,36?/m1/s1. The summed E-state index contributed by atoms with van der Waals surface area (Å²) in [6.45, 7) is 14.1. The molecule has 230 valence electrons. The monoisotopic (exact) mass is 556 g/mol. The van der Waals surface area contributed by atoms with Crippen molar-refractivity contribution in [3.63, 3.8) is 0 Å². The van der Waals surface area contributed by atoms with Gasteiger partial charge in [0.25, 0.3) is 0 Å². The Morgan fingerprint density at radius 1 is 0.950 bits per heavy atom. The number of amides is 1. The van der Waals surface area contributed by atoms with Gasteiger partial charge < -0.3 is 15.8 Å². The minimum Gasteiger partial charge on any atom is -0.446 e. The molecule has 4 aliphatic carbocycles. The number of unbranched alkanes of at least 4 members (excludes halogenated alkanes) is 5. The first-order valence-electron chi connectivity index (χ1n) is 17.5. The second-order valence-corrected chi connectivity index (χ2v) is 15.4. The highest BCUT2D eigenvalue weighted by Gasteiger charge is 2.59. The number of carbonyl (C=O) groups excluding carboxylic acids is 1. The molecule has 0 aliphatic heterocycles. The van der Waals surface area contributed by atoms with Gasteiger partial charge >= 0.3 is 6.09 Å². The van der Waals surface area contributed by atoms with E-state index in [9.17, 15) is 4.79 Å². The van der Waals surface area contributed by atoms with E-state index in [-0.39, 0.29) is 12.2 Å². The van der Waals surface area contributed by atoms with E-state index in [0.29, 0.717) is 10.8 Å². The predicted octanol–water partition coefficient (Wildman–Crippen LogP) is 9.42. The molecule has 0 aromatic rings. The average molecular weight is 557 g/mol. The zero-order chi connectivity index (χ0) is 28.8. The molecule has 0 spiro atoms.